The molecule has 0 radical (unpaired) electrons. The lowest BCUT2D eigenvalue weighted by Crippen LogP contribution is -2.35. The van der Waals surface area contributed by atoms with E-state index in [0.717, 1.165) is 0 Å². The Morgan fingerprint density at radius 1 is 0.909 bits per heavy atom. The van der Waals surface area contributed by atoms with Crippen LogP contribution in [0.4, 0.5) is 0 Å². The van der Waals surface area contributed by atoms with Gasteiger partial charge in [-0.3, -0.25) is 9.59 Å². The summed E-state index contributed by atoms with van der Waals surface area (Å²) in [7, 11) is 0. The number of hydrazone groups is 1. The second-order valence-electron chi connectivity index (χ2n) is 6.52. The number of hydrogen-bond acceptors (Lipinski definition) is 5. The van der Waals surface area contributed by atoms with Crippen molar-refractivity contribution < 1.29 is 19.1 Å². The van der Waals surface area contributed by atoms with Crippen LogP contribution in [0.2, 0.25) is 0 Å². The average molecular weight is 638 g/mol. The predicted molar refractivity (Wildman–Crippen MR) is 135 cm³/mol. The van der Waals surface area contributed by atoms with E-state index >= 15 is 0 Å². The number of hydrogen-bond donors (Lipinski definition) is 2. The van der Waals surface area contributed by atoms with Crippen LogP contribution < -0.4 is 15.5 Å². The fourth-order valence-corrected chi connectivity index (χ4v) is 4.43. The van der Waals surface area contributed by atoms with E-state index in [-0.39, 0.29) is 12.3 Å². The molecule has 3 rings (SSSR count). The van der Waals surface area contributed by atoms with Crippen molar-refractivity contribution in [3.63, 3.8) is 0 Å². The number of nitrogens with one attached hydrogen (secondary N) is 2. The minimum absolute atomic E-state index is 0.243. The van der Waals surface area contributed by atoms with Gasteiger partial charge in [-0.15, -0.1) is 0 Å². The van der Waals surface area contributed by atoms with E-state index in [9.17, 15) is 14.4 Å². The number of benzene rings is 3. The molecule has 3 aromatic carbocycles. The number of halogens is 3. The Morgan fingerprint density at radius 3 is 2.33 bits per heavy atom. The number of ether oxygens (including phenoxy) is 1. The summed E-state index contributed by atoms with van der Waals surface area (Å²) in [6, 6.07) is 18.8. The maximum Gasteiger partial charge on any atom is 0.343 e. The molecule has 0 aliphatic rings. The molecule has 0 heterocycles. The standard InChI is InChI=1S/C23H16Br3N3O4/c24-16-10-15(21(19(26)11-16)33-23(32)14-6-2-1-3-7-14)12-28-29-20(30)13-27-22(31)17-8-4-5-9-18(17)25/h1-12H,13H2,(H,27,31)(H,29,30)/b28-12+. The van der Waals surface area contributed by atoms with Crippen LogP contribution in [0.1, 0.15) is 26.3 Å². The highest BCUT2D eigenvalue weighted by Crippen LogP contribution is 2.32. The van der Waals surface area contributed by atoms with Gasteiger partial charge in [0.05, 0.1) is 28.4 Å². The van der Waals surface area contributed by atoms with E-state index in [1.807, 2.05) is 0 Å². The van der Waals surface area contributed by atoms with Crippen LogP contribution in [0.15, 0.2) is 85.2 Å². The molecule has 0 unspecified atom stereocenters. The summed E-state index contributed by atoms with van der Waals surface area (Å²) >= 11 is 10.1. The third kappa shape index (κ3) is 7.08. The quantitative estimate of drug-likeness (QED) is 0.164. The van der Waals surface area contributed by atoms with Crippen LogP contribution in [-0.2, 0) is 4.79 Å². The van der Waals surface area contributed by atoms with Gasteiger partial charge in [-0.1, -0.05) is 46.3 Å². The van der Waals surface area contributed by atoms with Gasteiger partial charge in [0.15, 0.2) is 5.75 Å². The topological polar surface area (TPSA) is 96.9 Å². The van der Waals surface area contributed by atoms with Crippen molar-refractivity contribution in [3.05, 3.63) is 96.8 Å². The van der Waals surface area contributed by atoms with Gasteiger partial charge in [-0.25, -0.2) is 10.2 Å². The van der Waals surface area contributed by atoms with E-state index in [1.54, 1.807) is 66.7 Å². The molecule has 0 aromatic heterocycles. The van der Waals surface area contributed by atoms with Crippen LogP contribution >= 0.6 is 47.8 Å². The summed E-state index contributed by atoms with van der Waals surface area (Å²) in [4.78, 5) is 36.7. The molecule has 33 heavy (non-hydrogen) atoms. The van der Waals surface area contributed by atoms with Crippen molar-refractivity contribution in [2.24, 2.45) is 5.10 Å². The van der Waals surface area contributed by atoms with E-state index in [2.05, 4.69) is 63.6 Å². The van der Waals surface area contributed by atoms with Gasteiger partial charge in [0.1, 0.15) is 0 Å². The molecule has 0 aliphatic heterocycles. The Labute approximate surface area is 215 Å². The number of rotatable bonds is 7. The number of amides is 2. The molecule has 0 bridgehead atoms. The molecule has 2 amide bonds. The van der Waals surface area contributed by atoms with Gasteiger partial charge >= 0.3 is 5.97 Å². The third-order valence-electron chi connectivity index (χ3n) is 4.16. The molecule has 0 atom stereocenters. The first-order valence-corrected chi connectivity index (χ1v) is 11.8. The molecular formula is C23H16Br3N3O4. The highest BCUT2D eigenvalue weighted by Gasteiger charge is 2.15. The summed E-state index contributed by atoms with van der Waals surface area (Å²) in [5.74, 6) is -1.21. The van der Waals surface area contributed by atoms with E-state index in [4.69, 9.17) is 4.74 Å². The number of esters is 1. The highest BCUT2D eigenvalue weighted by atomic mass is 79.9. The smallest absolute Gasteiger partial charge is 0.343 e. The summed E-state index contributed by atoms with van der Waals surface area (Å²) in [6.45, 7) is -0.268. The summed E-state index contributed by atoms with van der Waals surface area (Å²) < 4.78 is 7.40. The van der Waals surface area contributed by atoms with Crippen molar-refractivity contribution in [3.8, 4) is 5.75 Å². The van der Waals surface area contributed by atoms with Crippen LogP contribution in [-0.4, -0.2) is 30.5 Å². The van der Waals surface area contributed by atoms with Crippen molar-refractivity contribution in [2.45, 2.75) is 0 Å². The van der Waals surface area contributed by atoms with Crippen LogP contribution in [0.5, 0.6) is 5.75 Å². The SMILES string of the molecule is O=C(CNC(=O)c1ccccc1Br)N/N=C/c1cc(Br)cc(Br)c1OC(=O)c1ccccc1. The van der Waals surface area contributed by atoms with Gasteiger partial charge in [-0.05, 0) is 68.3 Å². The van der Waals surface area contributed by atoms with Crippen LogP contribution in [0.3, 0.4) is 0 Å². The lowest BCUT2D eigenvalue weighted by atomic mass is 10.2. The van der Waals surface area contributed by atoms with Gasteiger partial charge in [0.2, 0.25) is 0 Å². The van der Waals surface area contributed by atoms with Crippen LogP contribution in [0, 0.1) is 0 Å². The molecule has 0 fully saturated rings. The molecule has 0 saturated carbocycles. The molecule has 0 saturated heterocycles. The Balaban J connectivity index is 1.64. The Kier molecular flexibility index (Phi) is 8.93. The molecule has 168 valence electrons. The van der Waals surface area contributed by atoms with Crippen molar-refractivity contribution >= 4 is 71.8 Å². The second-order valence-corrected chi connectivity index (χ2v) is 9.14. The van der Waals surface area contributed by atoms with Crippen molar-refractivity contribution in [1.29, 1.82) is 0 Å². The minimum atomic E-state index is -0.535. The van der Waals surface area contributed by atoms with Gasteiger partial charge in [-0.2, -0.15) is 5.10 Å². The maximum atomic E-state index is 12.5. The number of nitrogens with zero attached hydrogens (tertiary/aromatic N) is 1. The first kappa shape index (κ1) is 24.8. The average Bonchev–Trinajstić information content (AvgIpc) is 2.80. The summed E-state index contributed by atoms with van der Waals surface area (Å²) in [5.41, 5.74) is 3.59. The third-order valence-corrected chi connectivity index (χ3v) is 5.90. The van der Waals surface area contributed by atoms with E-state index in [1.165, 1.54) is 6.21 Å². The lowest BCUT2D eigenvalue weighted by Gasteiger charge is -2.10. The molecule has 0 spiro atoms. The normalized spacial score (nSPS) is 10.6. The fraction of sp³-hybridized carbons (Fsp3) is 0.0435. The zero-order valence-electron chi connectivity index (χ0n) is 16.8. The Morgan fingerprint density at radius 2 is 1.61 bits per heavy atom. The molecule has 3 aromatic rings. The zero-order valence-corrected chi connectivity index (χ0v) is 21.6. The Bertz CT molecular complexity index is 1220. The maximum absolute atomic E-state index is 12.5. The zero-order chi connectivity index (χ0) is 23.8. The molecule has 10 heteroatoms. The molecule has 2 N–H and O–H groups in total. The summed E-state index contributed by atoms with van der Waals surface area (Å²) in [5, 5.41) is 6.44. The van der Waals surface area contributed by atoms with E-state index in [0.29, 0.717) is 30.1 Å². The lowest BCUT2D eigenvalue weighted by molar-refractivity contribution is -0.120. The van der Waals surface area contributed by atoms with Gasteiger partial charge in [0, 0.05) is 14.5 Å². The Hall–Kier alpha value is -2.82. The van der Waals surface area contributed by atoms with Crippen molar-refractivity contribution in [2.75, 3.05) is 6.54 Å². The van der Waals surface area contributed by atoms with Crippen molar-refractivity contribution in [1.82, 2.24) is 10.7 Å². The second kappa shape index (κ2) is 11.9. The monoisotopic (exact) mass is 635 g/mol. The predicted octanol–water partition coefficient (Wildman–Crippen LogP) is 5.07. The summed E-state index contributed by atoms with van der Waals surface area (Å²) in [6.07, 6.45) is 1.34. The van der Waals surface area contributed by atoms with Gasteiger partial charge in [0.25, 0.3) is 11.8 Å². The molecule has 0 aliphatic carbocycles. The first-order chi connectivity index (χ1) is 15.8. The fourth-order valence-electron chi connectivity index (χ4n) is 2.62. The largest absolute Gasteiger partial charge is 0.421 e. The number of carbonyl (C=O) groups is 3. The minimum Gasteiger partial charge on any atom is -0.421 e. The van der Waals surface area contributed by atoms with Crippen LogP contribution in [0.25, 0.3) is 0 Å². The highest BCUT2D eigenvalue weighted by molar-refractivity contribution is 9.11. The molecular weight excluding hydrogens is 622 g/mol. The van der Waals surface area contributed by atoms with Gasteiger partial charge < -0.3 is 10.1 Å². The first-order valence-electron chi connectivity index (χ1n) is 9.46. The molecule has 7 nitrogen and oxygen atoms in total. The van der Waals surface area contributed by atoms with E-state index < -0.39 is 17.8 Å². The number of carbonyl (C=O) groups excluding carboxylic acids is 3.